The fourth-order valence-electron chi connectivity index (χ4n) is 2.13. The second-order valence-corrected chi connectivity index (χ2v) is 4.35. The second-order valence-electron chi connectivity index (χ2n) is 4.35. The monoisotopic (exact) mass is 258 g/mol. The van der Waals surface area contributed by atoms with Gasteiger partial charge in [0.05, 0.1) is 5.39 Å². The van der Waals surface area contributed by atoms with Crippen LogP contribution in [-0.2, 0) is 0 Å². The van der Waals surface area contributed by atoms with Gasteiger partial charge in [-0.1, -0.05) is 6.07 Å². The number of benzene rings is 2. The van der Waals surface area contributed by atoms with Crippen molar-refractivity contribution in [2.75, 3.05) is 0 Å². The van der Waals surface area contributed by atoms with E-state index in [0.717, 1.165) is 0 Å². The van der Waals surface area contributed by atoms with E-state index in [0.29, 0.717) is 5.56 Å². The van der Waals surface area contributed by atoms with Crippen molar-refractivity contribution in [3.05, 3.63) is 40.1 Å². The van der Waals surface area contributed by atoms with Crippen LogP contribution in [0, 0.1) is 6.92 Å². The minimum atomic E-state index is -0.497. The molecule has 1 aromatic heterocycles. The molecule has 5 nitrogen and oxygen atoms in total. The fraction of sp³-hybridized carbons (Fsp3) is 0.0714. The van der Waals surface area contributed by atoms with Gasteiger partial charge in [0.15, 0.2) is 22.7 Å². The quantitative estimate of drug-likeness (QED) is 0.425. The Bertz CT molecular complexity index is 877. The molecule has 2 aromatic carbocycles. The summed E-state index contributed by atoms with van der Waals surface area (Å²) in [7, 11) is 0. The number of phenols is 3. The number of aryl methyl sites for hydroxylation is 1. The molecule has 0 radical (unpaired) electrons. The second kappa shape index (κ2) is 3.65. The summed E-state index contributed by atoms with van der Waals surface area (Å²) in [6, 6.07) is 5.67. The molecule has 0 fully saturated rings. The SMILES string of the molecule is Cc1cc(O)c2oc3c(O)cccc3c(=O)c2c1O. The third-order valence-corrected chi connectivity index (χ3v) is 3.09. The zero-order valence-electron chi connectivity index (χ0n) is 9.97. The number of para-hydroxylation sites is 1. The van der Waals surface area contributed by atoms with Crippen molar-refractivity contribution in [2.24, 2.45) is 0 Å². The molecule has 0 aliphatic heterocycles. The highest BCUT2D eigenvalue weighted by Gasteiger charge is 2.18. The van der Waals surface area contributed by atoms with Crippen LogP contribution in [0.4, 0.5) is 0 Å². The first-order valence-corrected chi connectivity index (χ1v) is 5.60. The lowest BCUT2D eigenvalue weighted by Crippen LogP contribution is -2.03. The van der Waals surface area contributed by atoms with Gasteiger partial charge in [0.25, 0.3) is 0 Å². The predicted molar refractivity (Wildman–Crippen MR) is 69.7 cm³/mol. The van der Waals surface area contributed by atoms with Crippen LogP contribution in [0.3, 0.4) is 0 Å². The van der Waals surface area contributed by atoms with Crippen molar-refractivity contribution in [2.45, 2.75) is 6.92 Å². The van der Waals surface area contributed by atoms with Crippen LogP contribution in [-0.4, -0.2) is 15.3 Å². The van der Waals surface area contributed by atoms with E-state index in [-0.39, 0.29) is 39.2 Å². The summed E-state index contributed by atoms with van der Waals surface area (Å²) in [6.07, 6.45) is 0. The molecule has 0 saturated heterocycles. The Morgan fingerprint density at radius 3 is 2.53 bits per heavy atom. The highest BCUT2D eigenvalue weighted by atomic mass is 16.4. The van der Waals surface area contributed by atoms with Gasteiger partial charge in [0, 0.05) is 0 Å². The summed E-state index contributed by atoms with van der Waals surface area (Å²) in [5.74, 6) is -0.685. The molecule has 0 atom stereocenters. The molecule has 0 unspecified atom stereocenters. The number of fused-ring (bicyclic) bond motifs is 2. The summed E-state index contributed by atoms with van der Waals surface area (Å²) in [4.78, 5) is 12.3. The summed E-state index contributed by atoms with van der Waals surface area (Å²) in [6.45, 7) is 1.57. The summed E-state index contributed by atoms with van der Waals surface area (Å²) >= 11 is 0. The van der Waals surface area contributed by atoms with Crippen molar-refractivity contribution in [3.63, 3.8) is 0 Å². The van der Waals surface area contributed by atoms with Gasteiger partial charge >= 0.3 is 0 Å². The first kappa shape index (κ1) is 11.4. The minimum Gasteiger partial charge on any atom is -0.507 e. The molecule has 0 aliphatic rings. The van der Waals surface area contributed by atoms with Gasteiger partial charge in [-0.25, -0.2) is 0 Å². The van der Waals surface area contributed by atoms with Gasteiger partial charge in [0.2, 0.25) is 5.43 Å². The normalized spacial score (nSPS) is 11.2. The molecule has 5 heteroatoms. The Morgan fingerprint density at radius 1 is 1.05 bits per heavy atom. The Kier molecular flexibility index (Phi) is 2.19. The molecule has 3 rings (SSSR count). The molecule has 1 heterocycles. The largest absolute Gasteiger partial charge is 0.507 e. The van der Waals surface area contributed by atoms with Crippen molar-refractivity contribution >= 4 is 21.9 Å². The first-order valence-electron chi connectivity index (χ1n) is 5.60. The molecule has 3 aromatic rings. The van der Waals surface area contributed by atoms with E-state index in [4.69, 9.17) is 4.42 Å². The van der Waals surface area contributed by atoms with Crippen LogP contribution in [0.5, 0.6) is 17.2 Å². The predicted octanol–water partition coefficient (Wildman–Crippen LogP) is 2.37. The molecule has 0 amide bonds. The molecular formula is C14H10O5. The lowest BCUT2D eigenvalue weighted by molar-refractivity contribution is 0.448. The van der Waals surface area contributed by atoms with Crippen LogP contribution in [0.1, 0.15) is 5.56 Å². The molecular weight excluding hydrogens is 248 g/mol. The molecule has 0 saturated carbocycles. The van der Waals surface area contributed by atoms with Crippen molar-refractivity contribution in [1.82, 2.24) is 0 Å². The highest BCUT2D eigenvalue weighted by Crippen LogP contribution is 2.36. The van der Waals surface area contributed by atoms with Gasteiger partial charge in [-0.05, 0) is 30.7 Å². The zero-order chi connectivity index (χ0) is 13.7. The topological polar surface area (TPSA) is 90.9 Å². The molecule has 0 bridgehead atoms. The van der Waals surface area contributed by atoms with E-state index in [1.54, 1.807) is 6.92 Å². The van der Waals surface area contributed by atoms with Crippen LogP contribution in [0.25, 0.3) is 21.9 Å². The van der Waals surface area contributed by atoms with E-state index in [1.807, 2.05) is 0 Å². The van der Waals surface area contributed by atoms with Crippen LogP contribution < -0.4 is 5.43 Å². The van der Waals surface area contributed by atoms with Gasteiger partial charge in [-0.2, -0.15) is 0 Å². The van der Waals surface area contributed by atoms with Gasteiger partial charge in [-0.15, -0.1) is 0 Å². The van der Waals surface area contributed by atoms with Gasteiger partial charge in [-0.3, -0.25) is 4.79 Å². The maximum Gasteiger partial charge on any atom is 0.204 e. The third kappa shape index (κ3) is 1.45. The molecule has 3 N–H and O–H groups in total. The molecule has 19 heavy (non-hydrogen) atoms. The standard InChI is InChI=1S/C14H10O5/c1-6-5-9(16)14-10(11(6)17)12(18)7-3-2-4-8(15)13(7)19-14/h2-5,15-17H,1H3. The highest BCUT2D eigenvalue weighted by molar-refractivity contribution is 5.97. The summed E-state index contributed by atoms with van der Waals surface area (Å²) in [5, 5.41) is 29.5. The number of hydrogen-bond acceptors (Lipinski definition) is 5. The minimum absolute atomic E-state index is 0.0152. The zero-order valence-corrected chi connectivity index (χ0v) is 9.97. The number of aromatic hydroxyl groups is 3. The molecule has 96 valence electrons. The lowest BCUT2D eigenvalue weighted by Gasteiger charge is -2.07. The Hall–Kier alpha value is -2.69. The molecule has 0 spiro atoms. The number of rotatable bonds is 0. The smallest absolute Gasteiger partial charge is 0.204 e. The van der Waals surface area contributed by atoms with E-state index in [1.165, 1.54) is 24.3 Å². The lowest BCUT2D eigenvalue weighted by atomic mass is 10.1. The maximum absolute atomic E-state index is 12.3. The Labute approximate surface area is 107 Å². The van der Waals surface area contributed by atoms with Crippen molar-refractivity contribution in [1.29, 1.82) is 0 Å². The van der Waals surface area contributed by atoms with Gasteiger partial charge < -0.3 is 19.7 Å². The average Bonchev–Trinajstić information content (AvgIpc) is 2.37. The summed E-state index contributed by atoms with van der Waals surface area (Å²) in [5.41, 5.74) is -0.277. The van der Waals surface area contributed by atoms with E-state index in [2.05, 4.69) is 0 Å². The van der Waals surface area contributed by atoms with Crippen LogP contribution >= 0.6 is 0 Å². The Balaban J connectivity index is 2.70. The third-order valence-electron chi connectivity index (χ3n) is 3.09. The van der Waals surface area contributed by atoms with Gasteiger partial charge in [0.1, 0.15) is 11.1 Å². The van der Waals surface area contributed by atoms with E-state index >= 15 is 0 Å². The molecule has 0 aliphatic carbocycles. The van der Waals surface area contributed by atoms with Crippen LogP contribution in [0.2, 0.25) is 0 Å². The maximum atomic E-state index is 12.3. The average molecular weight is 258 g/mol. The van der Waals surface area contributed by atoms with E-state index in [9.17, 15) is 20.1 Å². The fourth-order valence-corrected chi connectivity index (χ4v) is 2.13. The van der Waals surface area contributed by atoms with Crippen molar-refractivity contribution in [3.8, 4) is 17.2 Å². The summed E-state index contributed by atoms with van der Waals surface area (Å²) < 4.78 is 5.36. The first-order chi connectivity index (χ1) is 9.00. The van der Waals surface area contributed by atoms with Crippen LogP contribution in [0.15, 0.2) is 33.5 Å². The Morgan fingerprint density at radius 2 is 1.79 bits per heavy atom. The van der Waals surface area contributed by atoms with Crippen molar-refractivity contribution < 1.29 is 19.7 Å². The number of hydrogen-bond donors (Lipinski definition) is 3. The number of phenolic OH excluding ortho intramolecular Hbond substituents is 3. The van der Waals surface area contributed by atoms with E-state index < -0.39 is 5.43 Å².